The molecule has 0 aromatic heterocycles. The van der Waals surface area contributed by atoms with Crippen LogP contribution in [0.5, 0.6) is 0 Å². The fraction of sp³-hybridized carbons (Fsp3) is 0.750. The van der Waals surface area contributed by atoms with Gasteiger partial charge in [-0.15, -0.1) is 30.6 Å². The quantitative estimate of drug-likeness (QED) is 0.551. The third-order valence-corrected chi connectivity index (χ3v) is 4.18. The van der Waals surface area contributed by atoms with Crippen molar-refractivity contribution < 1.29 is 0 Å². The van der Waals surface area contributed by atoms with Gasteiger partial charge >= 0.3 is 0 Å². The molecular weight excluding hydrogens is 250 g/mol. The Morgan fingerprint density at radius 3 is 2.25 bits per heavy atom. The molecule has 0 bridgehead atoms. The van der Waals surface area contributed by atoms with Gasteiger partial charge in [0.05, 0.1) is 6.07 Å². The van der Waals surface area contributed by atoms with Gasteiger partial charge in [0.25, 0.3) is 0 Å². The van der Waals surface area contributed by atoms with Crippen molar-refractivity contribution in [2.24, 2.45) is 0 Å². The summed E-state index contributed by atoms with van der Waals surface area (Å²) in [5.41, 5.74) is 0. The molecule has 0 saturated heterocycles. The predicted octanol–water partition coefficient (Wildman–Crippen LogP) is 2.76. The zero-order chi connectivity index (χ0) is 6.62. The standard InChI is InChI=1S/C4H7Br2NSi/c1-8(5,6)4-2-3-7/h2,4H2,1H3. The van der Waals surface area contributed by atoms with E-state index >= 15 is 0 Å². The van der Waals surface area contributed by atoms with Crippen LogP contribution < -0.4 is 0 Å². The van der Waals surface area contributed by atoms with Crippen molar-refractivity contribution in [1.29, 1.82) is 5.26 Å². The summed E-state index contributed by atoms with van der Waals surface area (Å²) in [4.78, 5) is 0. The van der Waals surface area contributed by atoms with E-state index in [1.54, 1.807) is 0 Å². The van der Waals surface area contributed by atoms with E-state index in [1.807, 2.05) is 0 Å². The molecule has 0 heterocycles. The van der Waals surface area contributed by atoms with Gasteiger partial charge in [0.1, 0.15) is 0 Å². The van der Waals surface area contributed by atoms with E-state index in [4.69, 9.17) is 5.26 Å². The van der Waals surface area contributed by atoms with E-state index in [9.17, 15) is 0 Å². The van der Waals surface area contributed by atoms with Crippen LogP contribution in [0.4, 0.5) is 0 Å². The van der Waals surface area contributed by atoms with E-state index in [2.05, 4.69) is 43.2 Å². The lowest BCUT2D eigenvalue weighted by molar-refractivity contribution is 1.20. The van der Waals surface area contributed by atoms with Crippen LogP contribution in [0.15, 0.2) is 0 Å². The predicted molar refractivity (Wildman–Crippen MR) is 44.5 cm³/mol. The molecule has 0 spiro atoms. The Hall–Kier alpha value is 0.667. The molecule has 0 fully saturated rings. The average molecular weight is 257 g/mol. The SMILES string of the molecule is C[Si](Br)(Br)CCC#N. The summed E-state index contributed by atoms with van der Waals surface area (Å²) in [6.45, 7) is 2.12. The second kappa shape index (κ2) is 3.65. The van der Waals surface area contributed by atoms with E-state index in [0.717, 1.165) is 6.04 Å². The van der Waals surface area contributed by atoms with Crippen molar-refractivity contribution in [2.75, 3.05) is 0 Å². The molecule has 0 aliphatic carbocycles. The van der Waals surface area contributed by atoms with Crippen LogP contribution in [0.25, 0.3) is 0 Å². The van der Waals surface area contributed by atoms with Gasteiger partial charge in [0.15, 0.2) is 5.31 Å². The summed E-state index contributed by atoms with van der Waals surface area (Å²) in [5, 5.41) is 6.88. The fourth-order valence-electron chi connectivity index (χ4n) is 0.275. The molecule has 0 N–H and O–H groups in total. The monoisotopic (exact) mass is 255 g/mol. The van der Waals surface area contributed by atoms with Gasteiger partial charge in [-0.25, -0.2) is 0 Å². The van der Waals surface area contributed by atoms with Gasteiger partial charge in [-0.2, -0.15) is 5.26 Å². The number of nitrogens with zero attached hydrogens (tertiary/aromatic N) is 1. The van der Waals surface area contributed by atoms with Crippen molar-refractivity contribution in [3.63, 3.8) is 0 Å². The normalized spacial score (nSPS) is 10.8. The second-order valence-electron chi connectivity index (χ2n) is 1.73. The van der Waals surface area contributed by atoms with Crippen LogP contribution in [0.1, 0.15) is 6.42 Å². The molecule has 0 aromatic carbocycles. The lowest BCUT2D eigenvalue weighted by Gasteiger charge is -2.05. The zero-order valence-electron chi connectivity index (χ0n) is 4.62. The number of hydrogen-bond donors (Lipinski definition) is 0. The molecule has 0 radical (unpaired) electrons. The minimum atomic E-state index is -1.28. The molecule has 0 aliphatic heterocycles. The molecule has 46 valence electrons. The number of rotatable bonds is 2. The van der Waals surface area contributed by atoms with Gasteiger partial charge in [-0.1, -0.05) is 6.55 Å². The molecule has 0 atom stereocenters. The van der Waals surface area contributed by atoms with E-state index in [0.29, 0.717) is 6.42 Å². The van der Waals surface area contributed by atoms with E-state index in [1.165, 1.54) is 0 Å². The molecule has 0 aromatic rings. The molecule has 0 saturated carbocycles. The van der Waals surface area contributed by atoms with Crippen LogP contribution in [0, 0.1) is 11.3 Å². The van der Waals surface area contributed by atoms with Crippen LogP contribution in [-0.2, 0) is 0 Å². The maximum Gasteiger partial charge on any atom is 0.199 e. The lowest BCUT2D eigenvalue weighted by Crippen LogP contribution is -2.08. The number of nitriles is 1. The van der Waals surface area contributed by atoms with Crippen molar-refractivity contribution in [3.05, 3.63) is 0 Å². The van der Waals surface area contributed by atoms with Crippen molar-refractivity contribution in [1.82, 2.24) is 0 Å². The molecule has 0 unspecified atom stereocenters. The average Bonchev–Trinajstić information content (AvgIpc) is 1.59. The summed E-state index contributed by atoms with van der Waals surface area (Å²) in [6.07, 6.45) is 0.652. The highest BCUT2D eigenvalue weighted by atomic mass is 79.9. The van der Waals surface area contributed by atoms with Crippen molar-refractivity contribution in [3.8, 4) is 6.07 Å². The number of halogens is 2. The Morgan fingerprint density at radius 2 is 2.12 bits per heavy atom. The summed E-state index contributed by atoms with van der Waals surface area (Å²) >= 11 is 6.97. The maximum absolute atomic E-state index is 8.16. The van der Waals surface area contributed by atoms with Crippen molar-refractivity contribution >= 4 is 35.9 Å². The summed E-state index contributed by atoms with van der Waals surface area (Å²) in [6, 6.07) is 3.07. The zero-order valence-corrected chi connectivity index (χ0v) is 8.79. The fourth-order valence-corrected chi connectivity index (χ4v) is 2.02. The Kier molecular flexibility index (Phi) is 3.95. The molecule has 0 amide bonds. The van der Waals surface area contributed by atoms with Crippen LogP contribution in [0.2, 0.25) is 12.6 Å². The molecule has 4 heteroatoms. The maximum atomic E-state index is 8.16. The van der Waals surface area contributed by atoms with E-state index in [-0.39, 0.29) is 0 Å². The van der Waals surface area contributed by atoms with Crippen molar-refractivity contribution in [2.45, 2.75) is 19.0 Å². The van der Waals surface area contributed by atoms with Gasteiger partial charge in [-0.05, 0) is 6.04 Å². The smallest absolute Gasteiger partial charge is 0.198 e. The van der Waals surface area contributed by atoms with Crippen LogP contribution in [0.3, 0.4) is 0 Å². The minimum absolute atomic E-state index is 0.652. The largest absolute Gasteiger partial charge is 0.199 e. The molecule has 0 rings (SSSR count). The minimum Gasteiger partial charge on any atom is -0.198 e. The molecule has 0 aliphatic rings. The highest BCUT2D eigenvalue weighted by Crippen LogP contribution is 2.25. The second-order valence-corrected chi connectivity index (χ2v) is 18.1. The van der Waals surface area contributed by atoms with Crippen LogP contribution in [-0.4, -0.2) is 5.31 Å². The summed E-state index contributed by atoms with van der Waals surface area (Å²) in [5.74, 6) is 0. The lowest BCUT2D eigenvalue weighted by atomic mass is 10.6. The Balaban J connectivity index is 3.28. The van der Waals surface area contributed by atoms with Gasteiger partial charge in [-0.3, -0.25) is 0 Å². The molecule has 8 heavy (non-hydrogen) atoms. The summed E-state index contributed by atoms with van der Waals surface area (Å²) < 4.78 is 0. The highest BCUT2D eigenvalue weighted by Gasteiger charge is 2.17. The van der Waals surface area contributed by atoms with Gasteiger partial charge in [0.2, 0.25) is 0 Å². The van der Waals surface area contributed by atoms with Gasteiger partial charge < -0.3 is 0 Å². The Labute approximate surface area is 66.2 Å². The van der Waals surface area contributed by atoms with Gasteiger partial charge in [0, 0.05) is 6.42 Å². The third-order valence-electron chi connectivity index (χ3n) is 0.676. The highest BCUT2D eigenvalue weighted by molar-refractivity contribution is 9.51. The topological polar surface area (TPSA) is 23.8 Å². The van der Waals surface area contributed by atoms with E-state index < -0.39 is 5.31 Å². The Morgan fingerprint density at radius 1 is 1.62 bits per heavy atom. The Bertz CT molecular complexity index is 102. The van der Waals surface area contributed by atoms with Crippen LogP contribution >= 0.6 is 30.6 Å². The molecule has 1 nitrogen and oxygen atoms in total. The summed E-state index contributed by atoms with van der Waals surface area (Å²) in [7, 11) is 0. The first-order valence-corrected chi connectivity index (χ1v) is 9.53. The third kappa shape index (κ3) is 6.67. The first kappa shape index (κ1) is 8.67. The first-order chi connectivity index (χ1) is 3.56. The number of hydrogen-bond acceptors (Lipinski definition) is 1. The first-order valence-electron chi connectivity index (χ1n) is 2.31. The molecular formula is C4H7Br2NSi.